The minimum atomic E-state index is -3.98. The maximum Gasteiger partial charge on any atom is 0.341 e. The van der Waals surface area contributed by atoms with Gasteiger partial charge in [0.05, 0.1) is 12.5 Å². The quantitative estimate of drug-likeness (QED) is 0.578. The Bertz CT molecular complexity index is 977. The summed E-state index contributed by atoms with van der Waals surface area (Å²) in [6, 6.07) is 0.179. The van der Waals surface area contributed by atoms with E-state index in [1.54, 1.807) is 20.8 Å². The molecule has 1 atom stereocenters. The highest BCUT2D eigenvalue weighted by Crippen LogP contribution is 2.32. The predicted octanol–water partition coefficient (Wildman–Crippen LogP) is 3.93. The number of nitrogens with one attached hydrogen (secondary N) is 1. The molecule has 1 aromatic rings. The van der Waals surface area contributed by atoms with Crippen LogP contribution >= 0.6 is 0 Å². The molecule has 2 fully saturated rings. The van der Waals surface area contributed by atoms with Crippen molar-refractivity contribution in [2.45, 2.75) is 103 Å². The number of aromatic nitrogens is 1. The van der Waals surface area contributed by atoms with Gasteiger partial charge in [0.2, 0.25) is 15.9 Å². The zero-order valence-corrected chi connectivity index (χ0v) is 22.0. The summed E-state index contributed by atoms with van der Waals surface area (Å²) in [7, 11) is -3.98. The van der Waals surface area contributed by atoms with E-state index < -0.39 is 16.0 Å². The van der Waals surface area contributed by atoms with Gasteiger partial charge in [-0.25, -0.2) is 13.2 Å². The maximum atomic E-state index is 13.8. The van der Waals surface area contributed by atoms with E-state index >= 15 is 0 Å². The van der Waals surface area contributed by atoms with E-state index in [0.717, 1.165) is 25.7 Å². The maximum absolute atomic E-state index is 13.8. The number of carbonyl (C=O) groups is 2. The Hall–Kier alpha value is -1.87. The van der Waals surface area contributed by atoms with Crippen molar-refractivity contribution in [3.63, 3.8) is 0 Å². The van der Waals surface area contributed by atoms with Crippen LogP contribution in [0.1, 0.15) is 93.4 Å². The number of piperidine rings is 1. The number of carbonyl (C=O) groups excluding carboxylic acids is 2. The Morgan fingerprint density at radius 3 is 2.24 bits per heavy atom. The van der Waals surface area contributed by atoms with Crippen LogP contribution in [0.15, 0.2) is 4.90 Å². The number of hydrogen-bond acceptors (Lipinski definition) is 5. The van der Waals surface area contributed by atoms with Gasteiger partial charge in [0.15, 0.2) is 0 Å². The fourth-order valence-corrected chi connectivity index (χ4v) is 7.49. The Morgan fingerprint density at radius 1 is 0.971 bits per heavy atom. The smallest absolute Gasteiger partial charge is 0.341 e. The van der Waals surface area contributed by atoms with Gasteiger partial charge in [-0.3, -0.25) is 4.79 Å². The number of sulfonamides is 1. The molecular formula is C25H41N3O5S. The molecule has 8 nitrogen and oxygen atoms in total. The zero-order valence-electron chi connectivity index (χ0n) is 21.2. The first-order chi connectivity index (χ1) is 16.2. The molecule has 1 saturated carbocycles. The van der Waals surface area contributed by atoms with E-state index in [2.05, 4.69) is 5.32 Å². The largest absolute Gasteiger partial charge is 0.462 e. The highest BCUT2D eigenvalue weighted by molar-refractivity contribution is 7.89. The molecule has 1 aromatic heterocycles. The van der Waals surface area contributed by atoms with Gasteiger partial charge in [0.25, 0.3) is 0 Å². The molecule has 192 valence electrons. The number of nitrogens with zero attached hydrogens (tertiary/aromatic N) is 2. The van der Waals surface area contributed by atoms with Crippen LogP contribution in [-0.4, -0.2) is 54.9 Å². The number of ether oxygens (including phenoxy) is 1. The van der Waals surface area contributed by atoms with E-state index in [1.807, 2.05) is 11.5 Å². The van der Waals surface area contributed by atoms with Crippen LogP contribution in [0, 0.1) is 19.8 Å². The van der Waals surface area contributed by atoms with Crippen LogP contribution in [0.5, 0.6) is 0 Å². The second-order valence-corrected chi connectivity index (χ2v) is 11.5. The molecule has 0 spiro atoms. The SMILES string of the molecule is CCOC(=O)c1c(S(=O)(=O)N2CCC[C@@H](C(=O)NC3CCCCCCC3)C2)c(C)n(CC)c1C. The Balaban J connectivity index is 1.83. The third-order valence-corrected chi connectivity index (χ3v) is 9.35. The average Bonchev–Trinajstić information content (AvgIpc) is 3.05. The van der Waals surface area contributed by atoms with Crippen LogP contribution in [0.2, 0.25) is 0 Å². The van der Waals surface area contributed by atoms with Crippen LogP contribution in [-0.2, 0) is 26.1 Å². The molecule has 1 aliphatic heterocycles. The van der Waals surface area contributed by atoms with E-state index in [1.165, 1.54) is 23.6 Å². The lowest BCUT2D eigenvalue weighted by Gasteiger charge is -2.32. The van der Waals surface area contributed by atoms with Crippen molar-refractivity contribution in [2.75, 3.05) is 19.7 Å². The molecule has 3 rings (SSSR count). The van der Waals surface area contributed by atoms with E-state index in [4.69, 9.17) is 4.74 Å². The van der Waals surface area contributed by atoms with E-state index in [9.17, 15) is 18.0 Å². The molecule has 0 aromatic carbocycles. The molecule has 34 heavy (non-hydrogen) atoms. The highest BCUT2D eigenvalue weighted by Gasteiger charge is 2.39. The molecule has 1 amide bonds. The number of rotatable bonds is 7. The normalized spacial score (nSPS) is 21.0. The van der Waals surface area contributed by atoms with E-state index in [0.29, 0.717) is 37.3 Å². The van der Waals surface area contributed by atoms with Gasteiger partial charge >= 0.3 is 5.97 Å². The van der Waals surface area contributed by atoms with Crippen LogP contribution < -0.4 is 5.32 Å². The summed E-state index contributed by atoms with van der Waals surface area (Å²) in [6.45, 7) is 8.30. The second-order valence-electron chi connectivity index (χ2n) is 9.59. The van der Waals surface area contributed by atoms with Crippen LogP contribution in [0.4, 0.5) is 0 Å². The van der Waals surface area contributed by atoms with Gasteiger partial charge < -0.3 is 14.6 Å². The van der Waals surface area contributed by atoms with Crippen molar-refractivity contribution in [3.05, 3.63) is 17.0 Å². The summed E-state index contributed by atoms with van der Waals surface area (Å²) in [5.41, 5.74) is 1.24. The van der Waals surface area contributed by atoms with Gasteiger partial charge in [-0.1, -0.05) is 32.1 Å². The Kier molecular flexibility index (Phi) is 9.20. The van der Waals surface area contributed by atoms with Crippen LogP contribution in [0.25, 0.3) is 0 Å². The zero-order chi connectivity index (χ0) is 24.9. The first-order valence-electron chi connectivity index (χ1n) is 12.9. The second kappa shape index (κ2) is 11.7. The van der Waals surface area contributed by atoms with Gasteiger partial charge in [0.1, 0.15) is 10.5 Å². The number of hydrogen-bond donors (Lipinski definition) is 1. The lowest BCUT2D eigenvalue weighted by Crippen LogP contribution is -2.47. The number of amides is 1. The first kappa shape index (κ1) is 26.7. The third-order valence-electron chi connectivity index (χ3n) is 7.33. The van der Waals surface area contributed by atoms with Gasteiger partial charge in [-0.05, 0) is 53.4 Å². The molecule has 2 aliphatic rings. The summed E-state index contributed by atoms with van der Waals surface area (Å²) >= 11 is 0. The summed E-state index contributed by atoms with van der Waals surface area (Å²) in [5.74, 6) is -1.05. The highest BCUT2D eigenvalue weighted by atomic mass is 32.2. The minimum Gasteiger partial charge on any atom is -0.462 e. The fraction of sp³-hybridized carbons (Fsp3) is 0.760. The first-order valence-corrected chi connectivity index (χ1v) is 14.3. The minimum absolute atomic E-state index is 0.0198. The molecule has 1 N–H and O–H groups in total. The standard InChI is InChI=1S/C25H41N3O5S/c1-5-28-18(3)22(25(30)33-6-2)23(19(28)4)34(31,32)27-16-12-13-20(17-27)24(29)26-21-14-10-8-7-9-11-15-21/h20-21H,5-17H2,1-4H3,(H,26,29)/t20-/m1/s1. The topological polar surface area (TPSA) is 97.7 Å². The average molecular weight is 496 g/mol. The lowest BCUT2D eigenvalue weighted by atomic mass is 9.94. The fourth-order valence-electron chi connectivity index (χ4n) is 5.51. The Morgan fingerprint density at radius 2 is 1.62 bits per heavy atom. The summed E-state index contributed by atoms with van der Waals surface area (Å²) in [6.07, 6.45) is 9.20. The van der Waals surface area contributed by atoms with Crippen molar-refractivity contribution < 1.29 is 22.7 Å². The van der Waals surface area contributed by atoms with Crippen molar-refractivity contribution in [3.8, 4) is 0 Å². The summed E-state index contributed by atoms with van der Waals surface area (Å²) in [4.78, 5) is 25.9. The molecule has 0 unspecified atom stereocenters. The molecule has 1 aliphatic carbocycles. The van der Waals surface area contributed by atoms with Gasteiger partial charge in [0, 0.05) is 37.1 Å². The Labute approximate surface area is 204 Å². The summed E-state index contributed by atoms with van der Waals surface area (Å²) in [5, 5.41) is 3.21. The summed E-state index contributed by atoms with van der Waals surface area (Å²) < 4.78 is 36.1. The number of esters is 1. The monoisotopic (exact) mass is 495 g/mol. The van der Waals surface area contributed by atoms with Gasteiger partial charge in [-0.2, -0.15) is 4.31 Å². The lowest BCUT2D eigenvalue weighted by molar-refractivity contribution is -0.126. The third kappa shape index (κ3) is 5.67. The molecule has 0 bridgehead atoms. The van der Waals surface area contributed by atoms with Crippen LogP contribution in [0.3, 0.4) is 0 Å². The van der Waals surface area contributed by atoms with Crippen molar-refractivity contribution in [1.29, 1.82) is 0 Å². The van der Waals surface area contributed by atoms with Gasteiger partial charge in [-0.15, -0.1) is 0 Å². The van der Waals surface area contributed by atoms with Crippen molar-refractivity contribution >= 4 is 21.9 Å². The molecule has 1 saturated heterocycles. The van der Waals surface area contributed by atoms with Crippen molar-refractivity contribution in [2.24, 2.45) is 5.92 Å². The molecular weight excluding hydrogens is 454 g/mol. The molecule has 2 heterocycles. The van der Waals surface area contributed by atoms with E-state index in [-0.39, 0.29) is 41.5 Å². The molecule has 0 radical (unpaired) electrons. The predicted molar refractivity (Wildman–Crippen MR) is 131 cm³/mol. The van der Waals surface area contributed by atoms with Crippen molar-refractivity contribution in [1.82, 2.24) is 14.2 Å². The molecule has 9 heteroatoms.